The summed E-state index contributed by atoms with van der Waals surface area (Å²) in [7, 11) is 0. The molecule has 0 amide bonds. The summed E-state index contributed by atoms with van der Waals surface area (Å²) in [4.78, 5) is 0. The standard InChI is InChI=1S/C21H25BrO3/c1-15(2)18(13-22)10-17-11-19-21(24-9-8-23-19)20(12-17)25-14-16-6-4-3-5-7-16/h3-7,11-12,15,18H,8-10,13-14H2,1-2H3/t18-/m0/s1. The number of hydrogen-bond acceptors (Lipinski definition) is 3. The van der Waals surface area contributed by atoms with Crippen LogP contribution in [0.15, 0.2) is 42.5 Å². The summed E-state index contributed by atoms with van der Waals surface area (Å²) in [5.74, 6) is 3.48. The molecule has 2 aromatic rings. The van der Waals surface area contributed by atoms with Gasteiger partial charge in [0, 0.05) is 5.33 Å². The lowest BCUT2D eigenvalue weighted by Gasteiger charge is -2.24. The molecule has 0 saturated carbocycles. The predicted octanol–water partition coefficient (Wildman–Crippen LogP) is 5.25. The summed E-state index contributed by atoms with van der Waals surface area (Å²) < 4.78 is 17.7. The third-order valence-corrected chi connectivity index (χ3v) is 5.38. The summed E-state index contributed by atoms with van der Waals surface area (Å²) >= 11 is 3.64. The van der Waals surface area contributed by atoms with E-state index in [0.717, 1.165) is 34.6 Å². The maximum Gasteiger partial charge on any atom is 0.203 e. The quantitative estimate of drug-likeness (QED) is 0.590. The zero-order chi connectivity index (χ0) is 17.6. The van der Waals surface area contributed by atoms with Crippen LogP contribution in [0.25, 0.3) is 0 Å². The zero-order valence-corrected chi connectivity index (χ0v) is 16.4. The van der Waals surface area contributed by atoms with E-state index in [2.05, 4.69) is 54.0 Å². The van der Waals surface area contributed by atoms with Gasteiger partial charge in [-0.2, -0.15) is 0 Å². The Morgan fingerprint density at radius 1 is 1.04 bits per heavy atom. The molecule has 0 saturated heterocycles. The third-order valence-electron chi connectivity index (χ3n) is 4.54. The molecule has 0 aliphatic carbocycles. The molecular formula is C21H25BrO3. The molecule has 134 valence electrons. The highest BCUT2D eigenvalue weighted by molar-refractivity contribution is 9.09. The molecule has 1 heterocycles. The maximum atomic E-state index is 6.09. The van der Waals surface area contributed by atoms with Gasteiger partial charge in [-0.15, -0.1) is 0 Å². The van der Waals surface area contributed by atoms with Gasteiger partial charge in [0.1, 0.15) is 19.8 Å². The second-order valence-corrected chi connectivity index (χ2v) is 7.40. The van der Waals surface area contributed by atoms with Gasteiger partial charge in [-0.1, -0.05) is 60.1 Å². The number of benzene rings is 2. The maximum absolute atomic E-state index is 6.09. The van der Waals surface area contributed by atoms with Crippen LogP contribution in [0.4, 0.5) is 0 Å². The zero-order valence-electron chi connectivity index (χ0n) is 14.8. The Balaban J connectivity index is 1.83. The third kappa shape index (κ3) is 4.69. The highest BCUT2D eigenvalue weighted by Gasteiger charge is 2.21. The first-order valence-electron chi connectivity index (χ1n) is 8.82. The average molecular weight is 405 g/mol. The summed E-state index contributed by atoms with van der Waals surface area (Å²) in [6, 6.07) is 14.4. The Labute approximate surface area is 158 Å². The molecule has 1 aliphatic heterocycles. The number of halogens is 1. The van der Waals surface area contributed by atoms with Crippen molar-refractivity contribution in [2.24, 2.45) is 11.8 Å². The normalized spacial score (nSPS) is 14.4. The van der Waals surface area contributed by atoms with Gasteiger partial charge in [0.2, 0.25) is 5.75 Å². The first kappa shape index (κ1) is 18.1. The lowest BCUT2D eigenvalue weighted by molar-refractivity contribution is 0.160. The lowest BCUT2D eigenvalue weighted by Crippen LogP contribution is -2.18. The van der Waals surface area contributed by atoms with E-state index in [0.29, 0.717) is 31.7 Å². The van der Waals surface area contributed by atoms with Gasteiger partial charge < -0.3 is 14.2 Å². The van der Waals surface area contributed by atoms with Crippen molar-refractivity contribution in [3.63, 3.8) is 0 Å². The molecule has 0 spiro atoms. The fourth-order valence-electron chi connectivity index (χ4n) is 2.91. The smallest absolute Gasteiger partial charge is 0.203 e. The van der Waals surface area contributed by atoms with Crippen LogP contribution in [0.1, 0.15) is 25.0 Å². The summed E-state index contributed by atoms with van der Waals surface area (Å²) in [6.45, 7) is 6.18. The van der Waals surface area contributed by atoms with Gasteiger partial charge in [-0.25, -0.2) is 0 Å². The van der Waals surface area contributed by atoms with Crippen molar-refractivity contribution in [3.8, 4) is 17.2 Å². The van der Waals surface area contributed by atoms with Crippen LogP contribution in [-0.4, -0.2) is 18.5 Å². The van der Waals surface area contributed by atoms with Gasteiger partial charge in [-0.3, -0.25) is 0 Å². The van der Waals surface area contributed by atoms with Crippen molar-refractivity contribution in [1.29, 1.82) is 0 Å². The van der Waals surface area contributed by atoms with Crippen LogP contribution >= 0.6 is 15.9 Å². The predicted molar refractivity (Wildman–Crippen MR) is 104 cm³/mol. The van der Waals surface area contributed by atoms with Gasteiger partial charge in [0.25, 0.3) is 0 Å². The van der Waals surface area contributed by atoms with Crippen molar-refractivity contribution in [3.05, 3.63) is 53.6 Å². The van der Waals surface area contributed by atoms with E-state index in [1.54, 1.807) is 0 Å². The van der Waals surface area contributed by atoms with Crippen LogP contribution in [0, 0.1) is 11.8 Å². The molecule has 2 aromatic carbocycles. The second kappa shape index (κ2) is 8.61. The average Bonchev–Trinajstić information content (AvgIpc) is 2.64. The van der Waals surface area contributed by atoms with E-state index in [4.69, 9.17) is 14.2 Å². The molecule has 0 fully saturated rings. The molecule has 3 nitrogen and oxygen atoms in total. The summed E-state index contributed by atoms with van der Waals surface area (Å²) in [5, 5.41) is 0.985. The Morgan fingerprint density at radius 2 is 1.80 bits per heavy atom. The lowest BCUT2D eigenvalue weighted by atomic mass is 9.91. The SMILES string of the molecule is CC(C)[C@H](CBr)Cc1cc2c(c(OCc3ccccc3)c1)OCCO2. The van der Waals surface area contributed by atoms with Crippen molar-refractivity contribution < 1.29 is 14.2 Å². The fourth-order valence-corrected chi connectivity index (χ4v) is 3.88. The Morgan fingerprint density at radius 3 is 2.52 bits per heavy atom. The Bertz CT molecular complexity index is 685. The minimum Gasteiger partial charge on any atom is -0.486 e. The molecule has 25 heavy (non-hydrogen) atoms. The largest absolute Gasteiger partial charge is 0.486 e. The van der Waals surface area contributed by atoms with Crippen LogP contribution in [0.5, 0.6) is 17.2 Å². The first-order chi connectivity index (χ1) is 12.2. The molecule has 4 heteroatoms. The molecule has 0 bridgehead atoms. The Hall–Kier alpha value is -1.68. The molecule has 1 aliphatic rings. The molecule has 0 N–H and O–H groups in total. The summed E-state index contributed by atoms with van der Waals surface area (Å²) in [5.41, 5.74) is 2.37. The van der Waals surface area contributed by atoms with Crippen LogP contribution in [0.2, 0.25) is 0 Å². The molecular weight excluding hydrogens is 380 g/mol. The number of fused-ring (bicyclic) bond motifs is 1. The van der Waals surface area contributed by atoms with Crippen molar-refractivity contribution in [2.45, 2.75) is 26.9 Å². The Kier molecular flexibility index (Phi) is 6.24. The van der Waals surface area contributed by atoms with Gasteiger partial charge in [0.15, 0.2) is 11.5 Å². The van der Waals surface area contributed by atoms with E-state index in [9.17, 15) is 0 Å². The molecule has 0 radical (unpaired) electrons. The van der Waals surface area contributed by atoms with Crippen molar-refractivity contribution in [2.75, 3.05) is 18.5 Å². The van der Waals surface area contributed by atoms with Crippen LogP contribution in [0.3, 0.4) is 0 Å². The van der Waals surface area contributed by atoms with E-state index in [-0.39, 0.29) is 0 Å². The van der Waals surface area contributed by atoms with E-state index >= 15 is 0 Å². The highest BCUT2D eigenvalue weighted by Crippen LogP contribution is 2.41. The molecule has 1 atom stereocenters. The van der Waals surface area contributed by atoms with Gasteiger partial charge >= 0.3 is 0 Å². The van der Waals surface area contributed by atoms with Gasteiger partial charge in [-0.05, 0) is 41.5 Å². The number of hydrogen-bond donors (Lipinski definition) is 0. The van der Waals surface area contributed by atoms with E-state index < -0.39 is 0 Å². The number of alkyl halides is 1. The summed E-state index contributed by atoms with van der Waals surface area (Å²) in [6.07, 6.45) is 0.987. The minimum absolute atomic E-state index is 0.520. The van der Waals surface area contributed by atoms with Crippen molar-refractivity contribution in [1.82, 2.24) is 0 Å². The monoisotopic (exact) mass is 404 g/mol. The number of rotatable bonds is 7. The highest BCUT2D eigenvalue weighted by atomic mass is 79.9. The van der Waals surface area contributed by atoms with E-state index in [1.165, 1.54) is 5.56 Å². The van der Waals surface area contributed by atoms with Crippen molar-refractivity contribution >= 4 is 15.9 Å². The fraction of sp³-hybridized carbons (Fsp3) is 0.429. The van der Waals surface area contributed by atoms with Gasteiger partial charge in [0.05, 0.1) is 0 Å². The topological polar surface area (TPSA) is 27.7 Å². The molecule has 0 aromatic heterocycles. The van der Waals surface area contributed by atoms with E-state index in [1.807, 2.05) is 18.2 Å². The molecule has 3 rings (SSSR count). The second-order valence-electron chi connectivity index (χ2n) is 6.75. The first-order valence-corrected chi connectivity index (χ1v) is 9.94. The van der Waals surface area contributed by atoms with Crippen LogP contribution < -0.4 is 14.2 Å². The van der Waals surface area contributed by atoms with Crippen LogP contribution in [-0.2, 0) is 13.0 Å². The minimum atomic E-state index is 0.520. The number of ether oxygens (including phenoxy) is 3. The molecule has 0 unspecified atom stereocenters.